The van der Waals surface area contributed by atoms with Gasteiger partial charge in [0.15, 0.2) is 0 Å². The van der Waals surface area contributed by atoms with Gasteiger partial charge in [-0.3, -0.25) is 14.9 Å². The van der Waals surface area contributed by atoms with Gasteiger partial charge in [0, 0.05) is 23.1 Å². The number of hydrogen-bond acceptors (Lipinski definition) is 5. The maximum absolute atomic E-state index is 11.5. The number of halogens is 1. The van der Waals surface area contributed by atoms with Crippen molar-refractivity contribution in [1.82, 2.24) is 0 Å². The lowest BCUT2D eigenvalue weighted by Crippen LogP contribution is -2.19. The van der Waals surface area contributed by atoms with Gasteiger partial charge >= 0.3 is 5.97 Å². The molecule has 1 aromatic rings. The lowest BCUT2D eigenvalue weighted by atomic mass is 9.99. The van der Waals surface area contributed by atoms with E-state index in [0.717, 1.165) is 0 Å². The van der Waals surface area contributed by atoms with Crippen LogP contribution in [0.3, 0.4) is 0 Å². The van der Waals surface area contributed by atoms with Crippen LogP contribution in [0.4, 0.5) is 5.69 Å². The molecule has 0 radical (unpaired) electrons. The third kappa shape index (κ3) is 3.93. The summed E-state index contributed by atoms with van der Waals surface area (Å²) < 4.78 is 4.73. The van der Waals surface area contributed by atoms with Crippen molar-refractivity contribution in [3.05, 3.63) is 38.9 Å². The molecule has 0 spiro atoms. The summed E-state index contributed by atoms with van der Waals surface area (Å²) in [7, 11) is 0. The molecule has 1 unspecified atom stereocenters. The molecule has 0 saturated carbocycles. The van der Waals surface area contributed by atoms with Gasteiger partial charge in [-0.05, 0) is 19.1 Å². The van der Waals surface area contributed by atoms with Crippen LogP contribution < -0.4 is 0 Å². The van der Waals surface area contributed by atoms with Crippen LogP contribution in [0.15, 0.2) is 18.2 Å². The van der Waals surface area contributed by atoms with Gasteiger partial charge in [0.05, 0.1) is 17.6 Å². The predicted molar refractivity (Wildman–Crippen MR) is 67.5 cm³/mol. The average molecular weight is 283 g/mol. The number of carbonyl (C=O) groups excluding carboxylic acids is 1. The molecule has 6 nitrogen and oxygen atoms in total. The molecule has 7 heteroatoms. The maximum Gasteiger partial charge on any atom is 0.323 e. The molecular weight excluding hydrogens is 272 g/mol. The van der Waals surface area contributed by atoms with E-state index in [-0.39, 0.29) is 24.3 Å². The van der Waals surface area contributed by atoms with Gasteiger partial charge < -0.3 is 4.74 Å². The van der Waals surface area contributed by atoms with Crippen LogP contribution in [0.1, 0.15) is 12.5 Å². The van der Waals surface area contributed by atoms with Crippen molar-refractivity contribution in [1.29, 1.82) is 5.26 Å². The largest absolute Gasteiger partial charge is 0.465 e. The third-order valence-corrected chi connectivity index (χ3v) is 2.62. The van der Waals surface area contributed by atoms with Gasteiger partial charge in [0.1, 0.15) is 5.92 Å². The van der Waals surface area contributed by atoms with Crippen LogP contribution in [0.25, 0.3) is 0 Å². The van der Waals surface area contributed by atoms with E-state index in [9.17, 15) is 14.9 Å². The Morgan fingerprint density at radius 1 is 1.63 bits per heavy atom. The molecule has 0 aliphatic heterocycles. The summed E-state index contributed by atoms with van der Waals surface area (Å²) in [6, 6.07) is 5.79. The van der Waals surface area contributed by atoms with Crippen molar-refractivity contribution in [3.63, 3.8) is 0 Å². The summed E-state index contributed by atoms with van der Waals surface area (Å²) in [5.41, 5.74) is 0.0612. The van der Waals surface area contributed by atoms with Crippen LogP contribution in [-0.4, -0.2) is 17.5 Å². The number of ether oxygens (including phenoxy) is 1. The fourth-order valence-electron chi connectivity index (χ4n) is 1.54. The zero-order chi connectivity index (χ0) is 14.4. The normalized spacial score (nSPS) is 11.4. The van der Waals surface area contributed by atoms with E-state index in [1.807, 2.05) is 0 Å². The SMILES string of the molecule is CCOC(=O)C(C#N)Cc1cc(Cl)ccc1[N+](=O)[O-]. The standard InChI is InChI=1S/C12H11ClN2O4/c1-2-19-12(16)9(7-14)5-8-6-10(13)3-4-11(8)15(17)18/h3-4,6,9H,2,5H2,1H3. The summed E-state index contributed by atoms with van der Waals surface area (Å²) in [6.45, 7) is 1.77. The monoisotopic (exact) mass is 282 g/mol. The van der Waals surface area contributed by atoms with Gasteiger partial charge in [-0.25, -0.2) is 0 Å². The van der Waals surface area contributed by atoms with E-state index in [2.05, 4.69) is 0 Å². The molecule has 0 aromatic heterocycles. The Kier molecular flexibility index (Phi) is 5.27. The number of nitro groups is 1. The van der Waals surface area contributed by atoms with E-state index < -0.39 is 16.8 Å². The minimum atomic E-state index is -1.09. The minimum absolute atomic E-state index is 0.105. The molecule has 0 N–H and O–H groups in total. The van der Waals surface area contributed by atoms with Crippen LogP contribution in [0, 0.1) is 27.4 Å². The molecule has 100 valence electrons. The zero-order valence-electron chi connectivity index (χ0n) is 10.1. The van der Waals surface area contributed by atoms with Crippen molar-refractivity contribution in [3.8, 4) is 6.07 Å². The number of nitrogens with zero attached hydrogens (tertiary/aromatic N) is 2. The van der Waals surface area contributed by atoms with E-state index in [0.29, 0.717) is 5.02 Å². The van der Waals surface area contributed by atoms with Gasteiger partial charge in [-0.2, -0.15) is 5.26 Å². The lowest BCUT2D eigenvalue weighted by Gasteiger charge is -2.09. The van der Waals surface area contributed by atoms with Gasteiger partial charge in [-0.15, -0.1) is 0 Å². The molecule has 0 amide bonds. The number of benzene rings is 1. The van der Waals surface area contributed by atoms with Gasteiger partial charge in [-0.1, -0.05) is 11.6 Å². The molecule has 0 heterocycles. The van der Waals surface area contributed by atoms with E-state index in [1.165, 1.54) is 18.2 Å². The Labute approximate surface area is 114 Å². The second-order valence-electron chi connectivity index (χ2n) is 3.67. The Balaban J connectivity index is 3.03. The molecule has 0 fully saturated rings. The Bertz CT molecular complexity index is 539. The van der Waals surface area contributed by atoms with Crippen LogP contribution in [0.5, 0.6) is 0 Å². The Morgan fingerprint density at radius 3 is 2.84 bits per heavy atom. The molecule has 0 bridgehead atoms. The minimum Gasteiger partial charge on any atom is -0.465 e. The van der Waals surface area contributed by atoms with Crippen molar-refractivity contribution in [2.24, 2.45) is 5.92 Å². The highest BCUT2D eigenvalue weighted by atomic mass is 35.5. The number of hydrogen-bond donors (Lipinski definition) is 0. The number of carbonyl (C=O) groups is 1. The zero-order valence-corrected chi connectivity index (χ0v) is 10.9. The van der Waals surface area contributed by atoms with Crippen LogP contribution in [0.2, 0.25) is 5.02 Å². The summed E-state index contributed by atoms with van der Waals surface area (Å²) in [5.74, 6) is -1.78. The van der Waals surface area contributed by atoms with E-state index in [4.69, 9.17) is 21.6 Å². The van der Waals surface area contributed by atoms with E-state index in [1.54, 1.807) is 13.0 Å². The molecule has 1 aromatic carbocycles. The highest BCUT2D eigenvalue weighted by molar-refractivity contribution is 6.30. The van der Waals surface area contributed by atoms with Crippen molar-refractivity contribution < 1.29 is 14.5 Å². The molecule has 0 saturated heterocycles. The number of rotatable bonds is 5. The first-order valence-corrected chi connectivity index (χ1v) is 5.86. The molecule has 1 rings (SSSR count). The first kappa shape index (κ1) is 14.9. The van der Waals surface area contributed by atoms with Crippen molar-refractivity contribution in [2.45, 2.75) is 13.3 Å². The third-order valence-electron chi connectivity index (χ3n) is 2.39. The highest BCUT2D eigenvalue weighted by Crippen LogP contribution is 2.25. The smallest absolute Gasteiger partial charge is 0.323 e. The van der Waals surface area contributed by atoms with Crippen molar-refractivity contribution in [2.75, 3.05) is 6.61 Å². The van der Waals surface area contributed by atoms with E-state index >= 15 is 0 Å². The molecule has 1 atom stereocenters. The predicted octanol–water partition coefficient (Wildman–Crippen LogP) is 2.49. The average Bonchev–Trinajstić information content (AvgIpc) is 2.35. The van der Waals surface area contributed by atoms with Gasteiger partial charge in [0.25, 0.3) is 5.69 Å². The van der Waals surface area contributed by atoms with Gasteiger partial charge in [0.2, 0.25) is 0 Å². The lowest BCUT2D eigenvalue weighted by molar-refractivity contribution is -0.385. The molecular formula is C12H11ClN2O4. The highest BCUT2D eigenvalue weighted by Gasteiger charge is 2.24. The Morgan fingerprint density at radius 2 is 2.32 bits per heavy atom. The molecule has 0 aliphatic rings. The number of nitro benzene ring substituents is 1. The first-order valence-electron chi connectivity index (χ1n) is 5.48. The van der Waals surface area contributed by atoms with Crippen molar-refractivity contribution >= 4 is 23.3 Å². The quantitative estimate of drug-likeness (QED) is 0.470. The Hall–Kier alpha value is -2.13. The first-order chi connectivity index (χ1) is 8.99. The summed E-state index contributed by atoms with van der Waals surface area (Å²) in [6.07, 6.45) is -0.105. The summed E-state index contributed by atoms with van der Waals surface area (Å²) >= 11 is 5.77. The maximum atomic E-state index is 11.5. The number of nitriles is 1. The van der Waals surface area contributed by atoms with Crippen LogP contribution in [-0.2, 0) is 16.0 Å². The fourth-order valence-corrected chi connectivity index (χ4v) is 1.73. The summed E-state index contributed by atoms with van der Waals surface area (Å²) in [5, 5.41) is 20.1. The second kappa shape index (κ2) is 6.71. The molecule has 0 aliphatic carbocycles. The second-order valence-corrected chi connectivity index (χ2v) is 4.10. The topological polar surface area (TPSA) is 93.2 Å². The van der Waals surface area contributed by atoms with Crippen LogP contribution >= 0.6 is 11.6 Å². The number of esters is 1. The molecule has 19 heavy (non-hydrogen) atoms. The summed E-state index contributed by atoms with van der Waals surface area (Å²) in [4.78, 5) is 21.8. The fraction of sp³-hybridized carbons (Fsp3) is 0.333.